The predicted octanol–water partition coefficient (Wildman–Crippen LogP) is 3.25. The topological polar surface area (TPSA) is 130 Å². The summed E-state index contributed by atoms with van der Waals surface area (Å²) in [6.07, 6.45) is -0.168. The maximum atomic E-state index is 12.3. The van der Waals surface area contributed by atoms with E-state index in [1.165, 1.54) is 23.5 Å². The van der Waals surface area contributed by atoms with Crippen LogP contribution in [-0.4, -0.2) is 26.5 Å². The van der Waals surface area contributed by atoms with Crippen LogP contribution in [0.15, 0.2) is 28.1 Å². The van der Waals surface area contributed by atoms with Crippen molar-refractivity contribution >= 4 is 50.5 Å². The number of carbonyl (C=O) groups is 1. The summed E-state index contributed by atoms with van der Waals surface area (Å²) in [5.41, 5.74) is 3.52. The number of fused-ring (bicyclic) bond motifs is 1. The number of benzene rings is 1. The largest absolute Gasteiger partial charge is 0.309 e. The lowest BCUT2D eigenvalue weighted by Crippen LogP contribution is -2.24. The first-order valence-electron chi connectivity index (χ1n) is 8.43. The minimum atomic E-state index is -0.593. The van der Waals surface area contributed by atoms with Crippen LogP contribution in [0.2, 0.25) is 5.02 Å². The molecular weight excluding hydrogens is 418 g/mol. The third-order valence-electron chi connectivity index (χ3n) is 4.33. The molecular formula is C18H16ClN5O4S. The van der Waals surface area contributed by atoms with Crippen molar-refractivity contribution in [3.05, 3.63) is 65.5 Å². The zero-order valence-corrected chi connectivity index (χ0v) is 17.3. The number of aryl methyl sites for hydroxylation is 2. The van der Waals surface area contributed by atoms with Crippen LogP contribution in [0.25, 0.3) is 10.2 Å². The summed E-state index contributed by atoms with van der Waals surface area (Å²) in [6.45, 7) is 5.36. The zero-order chi connectivity index (χ0) is 21.3. The summed E-state index contributed by atoms with van der Waals surface area (Å²) in [5.74, 6) is -0.253. The molecule has 0 saturated heterocycles. The van der Waals surface area contributed by atoms with E-state index in [-0.39, 0.29) is 28.5 Å². The molecule has 29 heavy (non-hydrogen) atoms. The molecule has 2 heterocycles. The zero-order valence-electron chi connectivity index (χ0n) is 15.7. The monoisotopic (exact) mass is 433 g/mol. The number of thiophene rings is 1. The summed E-state index contributed by atoms with van der Waals surface area (Å²) in [4.78, 5) is 43.4. The minimum absolute atomic E-state index is 0.0139. The number of aromatic amines is 1. The van der Waals surface area contributed by atoms with Crippen molar-refractivity contribution in [1.82, 2.24) is 15.4 Å². The molecule has 3 rings (SSSR count). The van der Waals surface area contributed by atoms with Crippen LogP contribution in [0, 0.1) is 24.0 Å². The molecule has 0 saturated carbocycles. The molecule has 0 bridgehead atoms. The van der Waals surface area contributed by atoms with E-state index < -0.39 is 10.8 Å². The van der Waals surface area contributed by atoms with Gasteiger partial charge in [-0.2, -0.15) is 5.10 Å². The Kier molecular flexibility index (Phi) is 5.76. The van der Waals surface area contributed by atoms with Crippen molar-refractivity contribution in [2.24, 2.45) is 5.10 Å². The van der Waals surface area contributed by atoms with Gasteiger partial charge in [0.05, 0.1) is 22.4 Å². The Balaban J connectivity index is 1.76. The normalized spacial score (nSPS) is 11.7. The number of carbonyl (C=O) groups excluding carboxylic acids is 1. The second kappa shape index (κ2) is 8.10. The Morgan fingerprint density at radius 3 is 2.83 bits per heavy atom. The molecule has 150 valence electrons. The van der Waals surface area contributed by atoms with Crippen LogP contribution in [0.1, 0.15) is 28.8 Å². The van der Waals surface area contributed by atoms with Gasteiger partial charge in [0.2, 0.25) is 5.91 Å². The molecule has 0 aliphatic heterocycles. The van der Waals surface area contributed by atoms with Gasteiger partial charge in [-0.15, -0.1) is 11.3 Å². The van der Waals surface area contributed by atoms with Crippen molar-refractivity contribution in [2.45, 2.75) is 27.2 Å². The quantitative estimate of drug-likeness (QED) is 0.362. The number of hydrazone groups is 1. The molecule has 9 nitrogen and oxygen atoms in total. The fraction of sp³-hybridized carbons (Fsp3) is 0.222. The lowest BCUT2D eigenvalue weighted by atomic mass is 10.1. The highest BCUT2D eigenvalue weighted by Crippen LogP contribution is 2.26. The average molecular weight is 434 g/mol. The first-order valence-corrected chi connectivity index (χ1v) is 9.63. The highest BCUT2D eigenvalue weighted by atomic mass is 35.5. The Hall–Kier alpha value is -3.11. The number of H-pyrrole nitrogens is 1. The SMILES string of the molecule is C/C(=N\NC(=O)Cc1nc2sc(C)c(C)c2c(=O)[nH]1)c1ccc(Cl)c([N+](=O)[O-])c1. The van der Waals surface area contributed by atoms with Crippen LogP contribution in [0.3, 0.4) is 0 Å². The maximum Gasteiger partial charge on any atom is 0.288 e. The van der Waals surface area contributed by atoms with E-state index in [0.717, 1.165) is 10.4 Å². The third kappa shape index (κ3) is 4.33. The second-order valence-electron chi connectivity index (χ2n) is 6.31. The van der Waals surface area contributed by atoms with E-state index in [2.05, 4.69) is 20.5 Å². The number of amides is 1. The Morgan fingerprint density at radius 2 is 2.14 bits per heavy atom. The fourth-order valence-electron chi connectivity index (χ4n) is 2.66. The molecule has 0 atom stereocenters. The van der Waals surface area contributed by atoms with Crippen molar-refractivity contribution in [2.75, 3.05) is 0 Å². The number of rotatable bonds is 5. The average Bonchev–Trinajstić information content (AvgIpc) is 2.94. The van der Waals surface area contributed by atoms with Crippen LogP contribution >= 0.6 is 22.9 Å². The van der Waals surface area contributed by atoms with Crippen LogP contribution in [0.5, 0.6) is 0 Å². The highest BCUT2D eigenvalue weighted by Gasteiger charge is 2.15. The highest BCUT2D eigenvalue weighted by molar-refractivity contribution is 7.18. The first-order chi connectivity index (χ1) is 13.7. The molecule has 0 fully saturated rings. The number of nitrogens with zero attached hydrogens (tertiary/aromatic N) is 3. The molecule has 3 aromatic rings. The Labute approximate surface area is 173 Å². The van der Waals surface area contributed by atoms with Gasteiger partial charge in [0.1, 0.15) is 15.7 Å². The number of nitro benzene ring substituents is 1. The molecule has 0 aliphatic rings. The second-order valence-corrected chi connectivity index (χ2v) is 7.92. The molecule has 2 aromatic heterocycles. The number of nitro groups is 1. The van der Waals surface area contributed by atoms with Crippen molar-refractivity contribution in [1.29, 1.82) is 0 Å². The molecule has 0 aliphatic carbocycles. The minimum Gasteiger partial charge on any atom is -0.309 e. The van der Waals surface area contributed by atoms with Gasteiger partial charge in [0.15, 0.2) is 0 Å². The van der Waals surface area contributed by atoms with Gasteiger partial charge in [-0.05, 0) is 32.4 Å². The number of aromatic nitrogens is 2. The Bertz CT molecular complexity index is 1230. The summed E-state index contributed by atoms with van der Waals surface area (Å²) in [5, 5.41) is 15.5. The van der Waals surface area contributed by atoms with Gasteiger partial charge in [-0.1, -0.05) is 17.7 Å². The number of hydrogen-bond donors (Lipinski definition) is 2. The van der Waals surface area contributed by atoms with E-state index in [0.29, 0.717) is 21.5 Å². The number of halogens is 1. The molecule has 1 amide bonds. The number of hydrogen-bond acceptors (Lipinski definition) is 7. The van der Waals surface area contributed by atoms with E-state index in [4.69, 9.17) is 11.6 Å². The van der Waals surface area contributed by atoms with Crippen LogP contribution in [0.4, 0.5) is 5.69 Å². The predicted molar refractivity (Wildman–Crippen MR) is 112 cm³/mol. The van der Waals surface area contributed by atoms with Crippen LogP contribution in [-0.2, 0) is 11.2 Å². The van der Waals surface area contributed by atoms with Gasteiger partial charge in [0, 0.05) is 16.5 Å². The summed E-state index contributed by atoms with van der Waals surface area (Å²) in [6, 6.07) is 4.24. The van der Waals surface area contributed by atoms with E-state index >= 15 is 0 Å². The lowest BCUT2D eigenvalue weighted by Gasteiger charge is -2.04. The summed E-state index contributed by atoms with van der Waals surface area (Å²) < 4.78 is 0. The van der Waals surface area contributed by atoms with E-state index in [1.807, 2.05) is 13.8 Å². The molecule has 0 unspecified atom stereocenters. The molecule has 0 radical (unpaired) electrons. The van der Waals surface area contributed by atoms with Gasteiger partial charge in [-0.3, -0.25) is 19.7 Å². The summed E-state index contributed by atoms with van der Waals surface area (Å²) in [7, 11) is 0. The molecule has 0 spiro atoms. The van der Waals surface area contributed by atoms with Gasteiger partial charge in [0.25, 0.3) is 11.2 Å². The molecule has 2 N–H and O–H groups in total. The van der Waals surface area contributed by atoms with Crippen molar-refractivity contribution in [3.63, 3.8) is 0 Å². The third-order valence-corrected chi connectivity index (χ3v) is 5.75. The van der Waals surface area contributed by atoms with Gasteiger partial charge >= 0.3 is 0 Å². The smallest absolute Gasteiger partial charge is 0.288 e. The maximum absolute atomic E-state index is 12.3. The van der Waals surface area contributed by atoms with Crippen molar-refractivity contribution in [3.8, 4) is 0 Å². The number of nitrogens with one attached hydrogen (secondary N) is 2. The molecule has 11 heteroatoms. The van der Waals surface area contributed by atoms with Gasteiger partial charge < -0.3 is 4.98 Å². The first kappa shape index (κ1) is 20.6. The van der Waals surface area contributed by atoms with E-state index in [1.54, 1.807) is 13.0 Å². The Morgan fingerprint density at radius 1 is 1.41 bits per heavy atom. The van der Waals surface area contributed by atoms with Crippen LogP contribution < -0.4 is 11.0 Å². The standard InChI is InChI=1S/C18H16ClN5O4S/c1-8-10(3)29-18-16(8)17(26)20-14(21-18)7-15(25)23-22-9(2)11-4-5-12(19)13(6-11)24(27)28/h4-6H,7H2,1-3H3,(H,23,25)(H,20,21,26)/b22-9+. The van der Waals surface area contributed by atoms with Gasteiger partial charge in [-0.25, -0.2) is 10.4 Å². The fourth-order valence-corrected chi connectivity index (χ4v) is 3.90. The molecule has 1 aromatic carbocycles. The lowest BCUT2D eigenvalue weighted by molar-refractivity contribution is -0.384. The van der Waals surface area contributed by atoms with E-state index in [9.17, 15) is 19.7 Å². The summed E-state index contributed by atoms with van der Waals surface area (Å²) >= 11 is 7.19. The van der Waals surface area contributed by atoms with Crippen molar-refractivity contribution < 1.29 is 9.72 Å².